The average Bonchev–Trinajstić information content (AvgIpc) is 3.12. The molecule has 1 aromatic heterocycles. The highest BCUT2D eigenvalue weighted by Crippen LogP contribution is 2.24. The molecule has 0 fully saturated rings. The molecule has 3 rings (SSSR count). The second-order valence-electron chi connectivity index (χ2n) is 6.09. The summed E-state index contributed by atoms with van der Waals surface area (Å²) in [6, 6.07) is 16.9. The van der Waals surface area contributed by atoms with Crippen LogP contribution < -0.4 is 5.32 Å². The summed E-state index contributed by atoms with van der Waals surface area (Å²) in [5.41, 5.74) is 2.50. The molecule has 0 aliphatic heterocycles. The van der Waals surface area contributed by atoms with Gasteiger partial charge in [-0.15, -0.1) is 0 Å². The topological polar surface area (TPSA) is 71.2 Å². The number of para-hydroxylation sites is 1. The largest absolute Gasteiger partial charge is 0.469 e. The Morgan fingerprint density at radius 1 is 1.08 bits per heavy atom. The molecule has 26 heavy (non-hydrogen) atoms. The summed E-state index contributed by atoms with van der Waals surface area (Å²) >= 11 is 0. The van der Waals surface area contributed by atoms with Crippen molar-refractivity contribution in [2.75, 3.05) is 13.7 Å². The quantitative estimate of drug-likeness (QED) is 0.370. The molecule has 0 spiro atoms. The van der Waals surface area contributed by atoms with Crippen LogP contribution in [0.25, 0.3) is 10.9 Å². The minimum atomic E-state index is -0.465. The zero-order valence-corrected chi connectivity index (χ0v) is 14.7. The Balaban J connectivity index is 1.81. The third-order valence-electron chi connectivity index (χ3n) is 4.38. The van der Waals surface area contributed by atoms with Crippen LogP contribution in [0.2, 0.25) is 0 Å². The molecule has 0 saturated carbocycles. The van der Waals surface area contributed by atoms with Crippen molar-refractivity contribution < 1.29 is 14.3 Å². The highest BCUT2D eigenvalue weighted by Gasteiger charge is 2.23. The smallest absolute Gasteiger partial charge is 0.305 e. The van der Waals surface area contributed by atoms with Crippen molar-refractivity contribution in [2.24, 2.45) is 0 Å². The van der Waals surface area contributed by atoms with E-state index in [1.54, 1.807) is 6.20 Å². The number of ketones is 1. The first kappa shape index (κ1) is 17.9. The summed E-state index contributed by atoms with van der Waals surface area (Å²) in [5, 5.41) is 4.21. The number of Topliss-reactive ketones (excluding diaryl/α,β-unsaturated/α-hetero) is 1. The van der Waals surface area contributed by atoms with Crippen LogP contribution in [0.4, 0.5) is 0 Å². The van der Waals surface area contributed by atoms with Gasteiger partial charge in [0.1, 0.15) is 0 Å². The van der Waals surface area contributed by atoms with Crippen LogP contribution in [-0.4, -0.2) is 30.4 Å². The molecule has 5 nitrogen and oxygen atoms in total. The van der Waals surface area contributed by atoms with Crippen LogP contribution in [0.3, 0.4) is 0 Å². The third kappa shape index (κ3) is 4.00. The maximum atomic E-state index is 13.2. The van der Waals surface area contributed by atoms with Crippen molar-refractivity contribution in [1.29, 1.82) is 0 Å². The summed E-state index contributed by atoms with van der Waals surface area (Å²) in [6.45, 7) is 0.544. The van der Waals surface area contributed by atoms with Gasteiger partial charge < -0.3 is 15.0 Å². The van der Waals surface area contributed by atoms with Crippen molar-refractivity contribution in [3.63, 3.8) is 0 Å². The normalized spacial score (nSPS) is 12.0. The number of hydrogen-bond acceptors (Lipinski definition) is 4. The lowest BCUT2D eigenvalue weighted by Crippen LogP contribution is -2.30. The second kappa shape index (κ2) is 8.45. The van der Waals surface area contributed by atoms with E-state index >= 15 is 0 Å². The van der Waals surface area contributed by atoms with Crippen molar-refractivity contribution in [1.82, 2.24) is 10.3 Å². The van der Waals surface area contributed by atoms with Crippen LogP contribution in [-0.2, 0) is 9.53 Å². The molecule has 0 bridgehead atoms. The molecule has 0 saturated heterocycles. The minimum Gasteiger partial charge on any atom is -0.469 e. The van der Waals surface area contributed by atoms with Crippen LogP contribution in [0.15, 0.2) is 60.8 Å². The Morgan fingerprint density at radius 3 is 2.58 bits per heavy atom. The monoisotopic (exact) mass is 350 g/mol. The molecular formula is C21H22N2O3. The number of carbonyl (C=O) groups excluding carboxylic acids is 2. The molecule has 1 heterocycles. The Labute approximate surface area is 152 Å². The number of H-pyrrole nitrogens is 1. The van der Waals surface area contributed by atoms with Gasteiger partial charge in [0.25, 0.3) is 0 Å². The lowest BCUT2D eigenvalue weighted by atomic mass is 9.97. The predicted molar refractivity (Wildman–Crippen MR) is 101 cm³/mol. The number of methoxy groups -OCH3 is 1. The van der Waals surface area contributed by atoms with Crippen LogP contribution in [0.1, 0.15) is 34.8 Å². The molecule has 3 aromatic rings. The summed E-state index contributed by atoms with van der Waals surface area (Å²) in [4.78, 5) is 27.7. The first-order valence-corrected chi connectivity index (χ1v) is 8.66. The molecule has 0 aliphatic rings. The molecule has 0 amide bonds. The van der Waals surface area contributed by atoms with E-state index in [1.807, 2.05) is 54.6 Å². The Hall–Kier alpha value is -2.92. The second-order valence-corrected chi connectivity index (χ2v) is 6.09. The lowest BCUT2D eigenvalue weighted by Gasteiger charge is -2.18. The first-order chi connectivity index (χ1) is 12.7. The van der Waals surface area contributed by atoms with Gasteiger partial charge in [-0.1, -0.05) is 48.5 Å². The number of fused-ring (bicyclic) bond motifs is 1. The number of ether oxygens (including phenoxy) is 1. The fourth-order valence-corrected chi connectivity index (χ4v) is 3.02. The molecule has 2 N–H and O–H groups in total. The van der Waals surface area contributed by atoms with Crippen LogP contribution >= 0.6 is 0 Å². The lowest BCUT2D eigenvalue weighted by molar-refractivity contribution is -0.140. The van der Waals surface area contributed by atoms with E-state index in [-0.39, 0.29) is 11.8 Å². The molecule has 0 unspecified atom stereocenters. The van der Waals surface area contributed by atoms with Crippen molar-refractivity contribution in [3.05, 3.63) is 71.9 Å². The van der Waals surface area contributed by atoms with E-state index in [9.17, 15) is 9.59 Å². The number of hydrogen-bond donors (Lipinski definition) is 2. The maximum Gasteiger partial charge on any atom is 0.305 e. The molecular weight excluding hydrogens is 328 g/mol. The Bertz CT molecular complexity index is 886. The zero-order valence-electron chi connectivity index (χ0n) is 14.7. The maximum absolute atomic E-state index is 13.2. The highest BCUT2D eigenvalue weighted by molar-refractivity contribution is 6.10. The molecule has 5 heteroatoms. The van der Waals surface area contributed by atoms with Crippen LogP contribution in [0.5, 0.6) is 0 Å². The standard InChI is InChI=1S/C21H22N2O3/c1-26-19(24)12-7-13-22-20(15-8-3-2-4-9-15)21(25)17-14-23-18-11-6-5-10-16(17)18/h2-6,8-11,14,20,22-23H,7,12-13H2,1H3/t20-/m0/s1. The van der Waals surface area contributed by atoms with E-state index < -0.39 is 6.04 Å². The Morgan fingerprint density at radius 2 is 1.81 bits per heavy atom. The molecule has 134 valence electrons. The number of carbonyl (C=O) groups is 2. The minimum absolute atomic E-state index is 0.00622. The van der Waals surface area contributed by atoms with Gasteiger partial charge >= 0.3 is 5.97 Å². The fraction of sp³-hybridized carbons (Fsp3) is 0.238. The van der Waals surface area contributed by atoms with Gasteiger partial charge in [0.15, 0.2) is 5.78 Å². The number of rotatable bonds is 8. The van der Waals surface area contributed by atoms with Gasteiger partial charge in [0.05, 0.1) is 13.2 Å². The third-order valence-corrected chi connectivity index (χ3v) is 4.38. The van der Waals surface area contributed by atoms with Crippen molar-refractivity contribution in [2.45, 2.75) is 18.9 Å². The summed E-state index contributed by atoms with van der Waals surface area (Å²) in [5.74, 6) is -0.238. The van der Waals surface area contributed by atoms with Crippen LogP contribution in [0, 0.1) is 0 Å². The van der Waals surface area contributed by atoms with E-state index in [4.69, 9.17) is 0 Å². The number of aromatic amines is 1. The molecule has 2 aromatic carbocycles. The van der Waals surface area contributed by atoms with E-state index in [2.05, 4.69) is 15.0 Å². The molecule has 0 aliphatic carbocycles. The average molecular weight is 350 g/mol. The zero-order chi connectivity index (χ0) is 18.4. The number of esters is 1. The summed E-state index contributed by atoms with van der Waals surface area (Å²) < 4.78 is 4.66. The Kier molecular flexibility index (Phi) is 5.81. The SMILES string of the molecule is COC(=O)CCCN[C@H](C(=O)c1c[nH]c2ccccc12)c1ccccc1. The fourth-order valence-electron chi connectivity index (χ4n) is 3.02. The van der Waals surface area contributed by atoms with E-state index in [0.717, 1.165) is 16.5 Å². The first-order valence-electron chi connectivity index (χ1n) is 8.66. The van der Waals surface area contributed by atoms with Gasteiger partial charge in [0, 0.05) is 29.1 Å². The number of benzene rings is 2. The van der Waals surface area contributed by atoms with Crippen molar-refractivity contribution in [3.8, 4) is 0 Å². The van der Waals surface area contributed by atoms with E-state index in [1.165, 1.54) is 7.11 Å². The molecule has 0 radical (unpaired) electrons. The number of nitrogens with one attached hydrogen (secondary N) is 2. The highest BCUT2D eigenvalue weighted by atomic mass is 16.5. The summed E-state index contributed by atoms with van der Waals surface area (Å²) in [7, 11) is 1.38. The van der Waals surface area contributed by atoms with Gasteiger partial charge in [0.2, 0.25) is 0 Å². The summed E-state index contributed by atoms with van der Waals surface area (Å²) in [6.07, 6.45) is 2.70. The molecule has 1 atom stereocenters. The van der Waals surface area contributed by atoms with Gasteiger partial charge in [-0.2, -0.15) is 0 Å². The van der Waals surface area contributed by atoms with Gasteiger partial charge in [-0.05, 0) is 24.6 Å². The van der Waals surface area contributed by atoms with Crippen molar-refractivity contribution >= 4 is 22.7 Å². The van der Waals surface area contributed by atoms with Gasteiger partial charge in [-0.3, -0.25) is 9.59 Å². The predicted octanol–water partition coefficient (Wildman–Crippen LogP) is 3.63. The number of aromatic nitrogens is 1. The van der Waals surface area contributed by atoms with Gasteiger partial charge in [-0.25, -0.2) is 0 Å². The van der Waals surface area contributed by atoms with E-state index in [0.29, 0.717) is 24.9 Å².